The fourth-order valence-electron chi connectivity index (χ4n) is 2.05. The van der Waals surface area contributed by atoms with E-state index in [0.717, 1.165) is 12.1 Å². The number of nitrogens with zero attached hydrogens (tertiary/aromatic N) is 2. The number of hydrogen-bond acceptors (Lipinski definition) is 2. The van der Waals surface area contributed by atoms with Gasteiger partial charge in [-0.05, 0) is 42.0 Å². The molecular weight excluding hydrogens is 305 g/mol. The van der Waals surface area contributed by atoms with Crippen LogP contribution in [-0.4, -0.2) is 17.9 Å². The molecule has 0 N–H and O–H groups in total. The molecule has 0 spiro atoms. The lowest BCUT2D eigenvalue weighted by Crippen LogP contribution is -2.26. The lowest BCUT2D eigenvalue weighted by Gasteiger charge is -2.18. The Morgan fingerprint density at radius 2 is 1.65 bits per heavy atom. The topological polar surface area (TPSA) is 44.1 Å². The number of carbonyl (C=O) groups excluding carboxylic acids is 1. The average Bonchev–Trinajstić information content (AvgIpc) is 2.54. The van der Waals surface area contributed by atoms with Crippen molar-refractivity contribution in [1.82, 2.24) is 4.90 Å². The van der Waals surface area contributed by atoms with Crippen LogP contribution < -0.4 is 0 Å². The van der Waals surface area contributed by atoms with Crippen molar-refractivity contribution in [3.8, 4) is 6.07 Å². The van der Waals surface area contributed by atoms with Gasteiger partial charge in [0, 0.05) is 19.2 Å². The van der Waals surface area contributed by atoms with Crippen molar-refractivity contribution in [2.75, 3.05) is 7.05 Å². The number of halogens is 3. The zero-order valence-corrected chi connectivity index (χ0v) is 12.3. The minimum absolute atomic E-state index is 0.191. The van der Waals surface area contributed by atoms with Gasteiger partial charge in [-0.3, -0.25) is 4.79 Å². The summed E-state index contributed by atoms with van der Waals surface area (Å²) in [6.45, 7) is 0.191. The maximum Gasteiger partial charge on any atom is 0.416 e. The quantitative estimate of drug-likeness (QED) is 0.863. The highest BCUT2D eigenvalue weighted by Crippen LogP contribution is 2.29. The van der Waals surface area contributed by atoms with Crippen molar-refractivity contribution < 1.29 is 18.0 Å². The van der Waals surface area contributed by atoms with E-state index in [1.807, 2.05) is 6.07 Å². The van der Waals surface area contributed by atoms with E-state index in [4.69, 9.17) is 5.26 Å². The van der Waals surface area contributed by atoms with Gasteiger partial charge in [0.2, 0.25) is 0 Å². The maximum atomic E-state index is 12.5. The van der Waals surface area contributed by atoms with Crippen LogP contribution in [-0.2, 0) is 12.7 Å². The van der Waals surface area contributed by atoms with E-state index in [-0.39, 0.29) is 12.5 Å². The van der Waals surface area contributed by atoms with Gasteiger partial charge in [0.15, 0.2) is 0 Å². The highest BCUT2D eigenvalue weighted by atomic mass is 19.4. The summed E-state index contributed by atoms with van der Waals surface area (Å²) in [5.74, 6) is -0.269. The molecule has 3 nitrogen and oxygen atoms in total. The molecule has 2 aromatic carbocycles. The highest BCUT2D eigenvalue weighted by Gasteiger charge is 2.29. The first kappa shape index (κ1) is 16.6. The van der Waals surface area contributed by atoms with Crippen molar-refractivity contribution in [2.45, 2.75) is 12.7 Å². The number of benzene rings is 2. The van der Waals surface area contributed by atoms with Gasteiger partial charge in [-0.2, -0.15) is 18.4 Å². The van der Waals surface area contributed by atoms with Crippen LogP contribution in [0, 0.1) is 11.3 Å². The first-order chi connectivity index (χ1) is 10.8. The molecule has 6 heteroatoms. The molecule has 0 aliphatic rings. The first-order valence-electron chi connectivity index (χ1n) is 6.73. The number of rotatable bonds is 3. The summed E-state index contributed by atoms with van der Waals surface area (Å²) in [6, 6.07) is 12.8. The van der Waals surface area contributed by atoms with E-state index in [1.54, 1.807) is 31.3 Å². The van der Waals surface area contributed by atoms with Crippen LogP contribution in [0.3, 0.4) is 0 Å². The summed E-state index contributed by atoms with van der Waals surface area (Å²) < 4.78 is 37.5. The zero-order chi connectivity index (χ0) is 17.0. The average molecular weight is 318 g/mol. The van der Waals surface area contributed by atoms with E-state index in [0.29, 0.717) is 16.7 Å². The molecule has 118 valence electrons. The van der Waals surface area contributed by atoms with Crippen molar-refractivity contribution in [2.24, 2.45) is 0 Å². The Balaban J connectivity index is 2.07. The molecule has 23 heavy (non-hydrogen) atoms. The second kappa shape index (κ2) is 6.53. The Morgan fingerprint density at radius 1 is 1.09 bits per heavy atom. The third kappa shape index (κ3) is 4.10. The van der Waals surface area contributed by atoms with Gasteiger partial charge in [0.05, 0.1) is 17.2 Å². The van der Waals surface area contributed by atoms with Crippen molar-refractivity contribution in [3.63, 3.8) is 0 Å². The van der Waals surface area contributed by atoms with Crippen LogP contribution in [0.1, 0.15) is 27.0 Å². The van der Waals surface area contributed by atoms with E-state index in [2.05, 4.69) is 0 Å². The van der Waals surface area contributed by atoms with Gasteiger partial charge in [0.1, 0.15) is 0 Å². The second-order valence-electron chi connectivity index (χ2n) is 5.05. The summed E-state index contributed by atoms with van der Waals surface area (Å²) in [7, 11) is 1.57. The van der Waals surface area contributed by atoms with E-state index < -0.39 is 11.7 Å². The normalized spacial score (nSPS) is 10.9. The monoisotopic (exact) mass is 318 g/mol. The zero-order valence-electron chi connectivity index (χ0n) is 12.3. The van der Waals surface area contributed by atoms with Crippen molar-refractivity contribution >= 4 is 5.91 Å². The van der Waals surface area contributed by atoms with E-state index in [1.165, 1.54) is 17.0 Å². The number of hydrogen-bond donors (Lipinski definition) is 0. The summed E-state index contributed by atoms with van der Waals surface area (Å²) in [6.07, 6.45) is -4.37. The number of alkyl halides is 3. The Morgan fingerprint density at radius 3 is 2.13 bits per heavy atom. The van der Waals surface area contributed by atoms with Gasteiger partial charge < -0.3 is 4.90 Å². The molecule has 0 fully saturated rings. The molecule has 0 atom stereocenters. The van der Waals surface area contributed by atoms with Crippen LogP contribution in [0.15, 0.2) is 48.5 Å². The second-order valence-corrected chi connectivity index (χ2v) is 5.05. The standard InChI is InChI=1S/C17H13F3N2O/c1-22(16(23)14-6-2-12(10-21)3-7-14)11-13-4-8-15(9-5-13)17(18,19)20/h2-9H,11H2,1H3. The van der Waals surface area contributed by atoms with Crippen molar-refractivity contribution in [3.05, 3.63) is 70.8 Å². The molecule has 0 bridgehead atoms. The van der Waals surface area contributed by atoms with Gasteiger partial charge in [-0.1, -0.05) is 12.1 Å². The Labute approximate surface area is 131 Å². The van der Waals surface area contributed by atoms with Gasteiger partial charge in [0.25, 0.3) is 5.91 Å². The molecule has 0 radical (unpaired) electrons. The molecule has 0 unspecified atom stereocenters. The molecule has 0 saturated carbocycles. The molecule has 0 aromatic heterocycles. The van der Waals surface area contributed by atoms with Crippen LogP contribution in [0.4, 0.5) is 13.2 Å². The summed E-state index contributed by atoms with van der Waals surface area (Å²) in [4.78, 5) is 13.6. The smallest absolute Gasteiger partial charge is 0.337 e. The van der Waals surface area contributed by atoms with Gasteiger partial charge in [-0.25, -0.2) is 0 Å². The third-order valence-corrected chi connectivity index (χ3v) is 3.31. The summed E-state index contributed by atoms with van der Waals surface area (Å²) in [5, 5.41) is 8.73. The Bertz CT molecular complexity index is 728. The summed E-state index contributed by atoms with van der Waals surface area (Å²) in [5.41, 5.74) is 0.746. The van der Waals surface area contributed by atoms with Crippen LogP contribution in [0.25, 0.3) is 0 Å². The largest absolute Gasteiger partial charge is 0.416 e. The Hall–Kier alpha value is -2.81. The van der Waals surface area contributed by atoms with Crippen LogP contribution >= 0.6 is 0 Å². The van der Waals surface area contributed by atoms with Crippen LogP contribution in [0.2, 0.25) is 0 Å². The predicted octanol–water partition coefficient (Wildman–Crippen LogP) is 3.85. The molecule has 2 aromatic rings. The lowest BCUT2D eigenvalue weighted by atomic mass is 10.1. The van der Waals surface area contributed by atoms with E-state index in [9.17, 15) is 18.0 Å². The summed E-state index contributed by atoms with van der Waals surface area (Å²) >= 11 is 0. The molecule has 0 aliphatic heterocycles. The molecule has 0 saturated heterocycles. The Kier molecular flexibility index (Phi) is 4.70. The molecule has 2 rings (SSSR count). The predicted molar refractivity (Wildman–Crippen MR) is 78.4 cm³/mol. The maximum absolute atomic E-state index is 12.5. The third-order valence-electron chi connectivity index (χ3n) is 3.31. The number of nitriles is 1. The number of amides is 1. The van der Waals surface area contributed by atoms with Crippen LogP contribution in [0.5, 0.6) is 0 Å². The minimum atomic E-state index is -4.37. The number of carbonyl (C=O) groups is 1. The lowest BCUT2D eigenvalue weighted by molar-refractivity contribution is -0.137. The van der Waals surface area contributed by atoms with Gasteiger partial charge >= 0.3 is 6.18 Å². The molecule has 1 amide bonds. The molecule has 0 heterocycles. The van der Waals surface area contributed by atoms with Crippen molar-refractivity contribution in [1.29, 1.82) is 5.26 Å². The van der Waals surface area contributed by atoms with Gasteiger partial charge in [-0.15, -0.1) is 0 Å². The fourth-order valence-corrected chi connectivity index (χ4v) is 2.05. The fraction of sp³-hybridized carbons (Fsp3) is 0.176. The SMILES string of the molecule is CN(Cc1ccc(C(F)(F)F)cc1)C(=O)c1ccc(C#N)cc1. The highest BCUT2D eigenvalue weighted by molar-refractivity contribution is 5.94. The molecular formula is C17H13F3N2O. The first-order valence-corrected chi connectivity index (χ1v) is 6.73. The minimum Gasteiger partial charge on any atom is -0.337 e. The van der Waals surface area contributed by atoms with E-state index >= 15 is 0 Å². The molecule has 0 aliphatic carbocycles.